The SMILES string of the molecule is NC(=C[N+](=O)[O-])Nc1cc[c]cc1. The van der Waals surface area contributed by atoms with Crippen molar-refractivity contribution in [2.45, 2.75) is 0 Å². The van der Waals surface area contributed by atoms with Crippen LogP contribution in [0.2, 0.25) is 0 Å². The number of hydrogen-bond donors (Lipinski definition) is 2. The topological polar surface area (TPSA) is 81.2 Å². The van der Waals surface area contributed by atoms with Crippen LogP contribution in [0.25, 0.3) is 0 Å². The Balaban J connectivity index is 2.65. The molecule has 0 aliphatic carbocycles. The highest BCUT2D eigenvalue weighted by Crippen LogP contribution is 2.05. The molecule has 0 fully saturated rings. The van der Waals surface area contributed by atoms with Gasteiger partial charge in [-0.1, -0.05) is 12.1 Å². The van der Waals surface area contributed by atoms with Crippen LogP contribution in [0.15, 0.2) is 36.3 Å². The minimum Gasteiger partial charge on any atom is -0.380 e. The van der Waals surface area contributed by atoms with E-state index >= 15 is 0 Å². The zero-order chi connectivity index (χ0) is 9.68. The molecule has 0 unspecified atom stereocenters. The van der Waals surface area contributed by atoms with Crippen molar-refractivity contribution in [3.05, 3.63) is 52.5 Å². The maximum Gasteiger partial charge on any atom is 0.274 e. The molecular formula is C8H8N3O2. The third-order valence-corrected chi connectivity index (χ3v) is 1.25. The molecule has 0 aliphatic heterocycles. The number of nitrogens with one attached hydrogen (secondary N) is 1. The summed E-state index contributed by atoms with van der Waals surface area (Å²) in [7, 11) is 0. The van der Waals surface area contributed by atoms with E-state index in [-0.39, 0.29) is 5.82 Å². The van der Waals surface area contributed by atoms with Crippen LogP contribution in [-0.4, -0.2) is 4.92 Å². The van der Waals surface area contributed by atoms with E-state index < -0.39 is 4.92 Å². The predicted octanol–water partition coefficient (Wildman–Crippen LogP) is 0.933. The molecule has 0 aromatic heterocycles. The Hall–Kier alpha value is -2.04. The zero-order valence-electron chi connectivity index (χ0n) is 6.73. The van der Waals surface area contributed by atoms with Gasteiger partial charge in [0.2, 0.25) is 0 Å². The van der Waals surface area contributed by atoms with Crippen molar-refractivity contribution in [1.29, 1.82) is 0 Å². The van der Waals surface area contributed by atoms with Crippen molar-refractivity contribution in [2.75, 3.05) is 5.32 Å². The number of benzene rings is 1. The second-order valence-electron chi connectivity index (χ2n) is 2.28. The summed E-state index contributed by atoms with van der Waals surface area (Å²) >= 11 is 0. The normalized spacial score (nSPS) is 10.9. The summed E-state index contributed by atoms with van der Waals surface area (Å²) < 4.78 is 0. The summed E-state index contributed by atoms with van der Waals surface area (Å²) in [5.41, 5.74) is 5.99. The van der Waals surface area contributed by atoms with Gasteiger partial charge in [-0.3, -0.25) is 10.1 Å². The number of nitrogens with two attached hydrogens (primary N) is 1. The van der Waals surface area contributed by atoms with Gasteiger partial charge < -0.3 is 11.1 Å². The molecule has 0 bridgehead atoms. The maximum absolute atomic E-state index is 10.0. The van der Waals surface area contributed by atoms with Gasteiger partial charge in [-0.25, -0.2) is 0 Å². The van der Waals surface area contributed by atoms with Crippen LogP contribution in [0.3, 0.4) is 0 Å². The first kappa shape index (κ1) is 9.05. The smallest absolute Gasteiger partial charge is 0.274 e. The van der Waals surface area contributed by atoms with Crippen LogP contribution in [-0.2, 0) is 0 Å². The first-order valence-corrected chi connectivity index (χ1v) is 3.52. The highest BCUT2D eigenvalue weighted by atomic mass is 16.6. The number of nitro groups is 1. The fraction of sp³-hybridized carbons (Fsp3) is 0. The third kappa shape index (κ3) is 3.24. The molecule has 67 valence electrons. The number of rotatable bonds is 3. The molecule has 0 aliphatic rings. The first-order chi connectivity index (χ1) is 6.18. The summed E-state index contributed by atoms with van der Waals surface area (Å²) in [6.45, 7) is 0. The highest BCUT2D eigenvalue weighted by Gasteiger charge is 1.96. The predicted molar refractivity (Wildman–Crippen MR) is 48.2 cm³/mol. The Morgan fingerprint density at radius 3 is 2.77 bits per heavy atom. The summed E-state index contributed by atoms with van der Waals surface area (Å²) in [4.78, 5) is 9.39. The van der Waals surface area contributed by atoms with Gasteiger partial charge in [0.15, 0.2) is 5.82 Å². The monoisotopic (exact) mass is 178 g/mol. The molecule has 0 amide bonds. The largest absolute Gasteiger partial charge is 0.380 e. The van der Waals surface area contributed by atoms with Crippen molar-refractivity contribution in [3.8, 4) is 0 Å². The van der Waals surface area contributed by atoms with Gasteiger partial charge >= 0.3 is 0 Å². The second-order valence-corrected chi connectivity index (χ2v) is 2.28. The molecule has 1 radical (unpaired) electrons. The van der Waals surface area contributed by atoms with Crippen molar-refractivity contribution in [3.63, 3.8) is 0 Å². The van der Waals surface area contributed by atoms with Crippen molar-refractivity contribution >= 4 is 5.69 Å². The van der Waals surface area contributed by atoms with Crippen molar-refractivity contribution in [1.82, 2.24) is 0 Å². The average molecular weight is 178 g/mol. The van der Waals surface area contributed by atoms with Crippen LogP contribution in [0.4, 0.5) is 5.69 Å². The fourth-order valence-corrected chi connectivity index (χ4v) is 0.783. The van der Waals surface area contributed by atoms with E-state index in [2.05, 4.69) is 11.4 Å². The number of hydrogen-bond acceptors (Lipinski definition) is 4. The Labute approximate surface area is 75.0 Å². The molecule has 1 aromatic rings. The summed E-state index contributed by atoms with van der Waals surface area (Å²) in [5.74, 6) is -0.00352. The quantitative estimate of drug-likeness (QED) is 0.533. The van der Waals surface area contributed by atoms with E-state index in [1.165, 1.54) is 0 Å². The fourth-order valence-electron chi connectivity index (χ4n) is 0.783. The minimum absolute atomic E-state index is 0.00352. The summed E-state index contributed by atoms with van der Waals surface area (Å²) in [6.07, 6.45) is 0.705. The van der Waals surface area contributed by atoms with Crippen LogP contribution >= 0.6 is 0 Å². The highest BCUT2D eigenvalue weighted by molar-refractivity contribution is 5.46. The van der Waals surface area contributed by atoms with Crippen LogP contribution in [0.1, 0.15) is 0 Å². The van der Waals surface area contributed by atoms with Gasteiger partial charge in [0.1, 0.15) is 0 Å². The molecule has 5 heteroatoms. The zero-order valence-corrected chi connectivity index (χ0v) is 6.73. The molecule has 0 heterocycles. The third-order valence-electron chi connectivity index (χ3n) is 1.25. The van der Waals surface area contributed by atoms with Gasteiger partial charge in [0.25, 0.3) is 6.20 Å². The molecule has 13 heavy (non-hydrogen) atoms. The lowest BCUT2D eigenvalue weighted by Crippen LogP contribution is -2.10. The van der Waals surface area contributed by atoms with E-state index in [0.29, 0.717) is 11.9 Å². The Kier molecular flexibility index (Phi) is 2.86. The van der Waals surface area contributed by atoms with Crippen molar-refractivity contribution < 1.29 is 4.92 Å². The van der Waals surface area contributed by atoms with Crippen LogP contribution in [0, 0.1) is 16.2 Å². The van der Waals surface area contributed by atoms with Crippen LogP contribution in [0.5, 0.6) is 0 Å². The molecule has 1 aromatic carbocycles. The number of nitrogens with zero attached hydrogens (tertiary/aromatic N) is 1. The van der Waals surface area contributed by atoms with E-state index in [1.54, 1.807) is 24.3 Å². The van der Waals surface area contributed by atoms with E-state index in [0.717, 1.165) is 0 Å². The van der Waals surface area contributed by atoms with Gasteiger partial charge in [0, 0.05) is 5.69 Å². The Morgan fingerprint density at radius 1 is 1.62 bits per heavy atom. The van der Waals surface area contributed by atoms with Gasteiger partial charge in [-0.05, 0) is 18.2 Å². The van der Waals surface area contributed by atoms with Gasteiger partial charge in [-0.15, -0.1) is 0 Å². The summed E-state index contributed by atoms with van der Waals surface area (Å²) in [5, 5.41) is 12.7. The van der Waals surface area contributed by atoms with E-state index in [1.807, 2.05) is 0 Å². The lowest BCUT2D eigenvalue weighted by molar-refractivity contribution is -0.403. The maximum atomic E-state index is 10.0. The first-order valence-electron chi connectivity index (χ1n) is 3.52. The second kappa shape index (κ2) is 4.10. The molecule has 0 spiro atoms. The van der Waals surface area contributed by atoms with Crippen molar-refractivity contribution in [2.24, 2.45) is 5.73 Å². The Bertz CT molecular complexity index is 321. The van der Waals surface area contributed by atoms with E-state index in [9.17, 15) is 10.1 Å². The molecule has 3 N–H and O–H groups in total. The molecular weight excluding hydrogens is 170 g/mol. The lowest BCUT2D eigenvalue weighted by atomic mass is 10.3. The molecule has 5 nitrogen and oxygen atoms in total. The van der Waals surface area contributed by atoms with Crippen LogP contribution < -0.4 is 11.1 Å². The Morgan fingerprint density at radius 2 is 2.23 bits per heavy atom. The molecule has 1 rings (SSSR count). The van der Waals surface area contributed by atoms with E-state index in [4.69, 9.17) is 5.73 Å². The summed E-state index contributed by atoms with van der Waals surface area (Å²) in [6, 6.07) is 9.60. The molecule has 0 saturated carbocycles. The lowest BCUT2D eigenvalue weighted by Gasteiger charge is -2.02. The minimum atomic E-state index is -0.614. The standard InChI is InChI=1S/C8H8N3O2/c9-8(6-11(12)13)10-7-4-2-1-3-5-7/h2-6,10H,9H2. The average Bonchev–Trinajstić information content (AvgIpc) is 2.04. The van der Waals surface area contributed by atoms with Gasteiger partial charge in [-0.2, -0.15) is 0 Å². The number of anilines is 1. The van der Waals surface area contributed by atoms with Gasteiger partial charge in [0.05, 0.1) is 4.92 Å². The molecule has 0 atom stereocenters. The molecule has 0 saturated heterocycles.